The standard InChI is InChI=1S/C28H33N7O/c1-18(2)17-28(4,5)31-24-15-12-20(22-8-6-7-9-23(22)26-32-34-35-33-26)16-25(24)30-27(36)29-21-13-10-19(3)11-14-21/h6-16,18,31H,17H2,1-5H3,(H2,29,30,36)(H,32,33,34,35). The van der Waals surface area contributed by atoms with Crippen molar-refractivity contribution in [1.82, 2.24) is 20.6 Å². The molecule has 0 aliphatic carbocycles. The molecule has 0 bridgehead atoms. The van der Waals surface area contributed by atoms with Crippen molar-refractivity contribution in [3.8, 4) is 22.5 Å². The van der Waals surface area contributed by atoms with Crippen molar-refractivity contribution >= 4 is 23.1 Å². The molecule has 0 saturated carbocycles. The molecule has 0 aliphatic rings. The maximum atomic E-state index is 13.0. The zero-order chi connectivity index (χ0) is 25.7. The zero-order valence-electron chi connectivity index (χ0n) is 21.4. The van der Waals surface area contributed by atoms with Gasteiger partial charge in [0, 0.05) is 16.8 Å². The number of aryl methyl sites for hydroxylation is 1. The van der Waals surface area contributed by atoms with E-state index in [4.69, 9.17) is 0 Å². The minimum Gasteiger partial charge on any atom is -0.378 e. The number of carbonyl (C=O) groups excluding carboxylic acids is 1. The van der Waals surface area contributed by atoms with Crippen LogP contribution in [0.2, 0.25) is 0 Å². The molecular weight excluding hydrogens is 450 g/mol. The monoisotopic (exact) mass is 483 g/mol. The highest BCUT2D eigenvalue weighted by atomic mass is 16.2. The average Bonchev–Trinajstić information content (AvgIpc) is 3.35. The zero-order valence-corrected chi connectivity index (χ0v) is 21.4. The molecular formula is C28H33N7O. The number of hydrogen-bond donors (Lipinski definition) is 4. The molecule has 8 nitrogen and oxygen atoms in total. The quantitative estimate of drug-likeness (QED) is 0.222. The van der Waals surface area contributed by atoms with E-state index in [9.17, 15) is 4.79 Å². The number of carbonyl (C=O) groups is 1. The Morgan fingerprint density at radius 3 is 2.33 bits per heavy atom. The highest BCUT2D eigenvalue weighted by Crippen LogP contribution is 2.36. The van der Waals surface area contributed by atoms with Crippen molar-refractivity contribution in [2.45, 2.75) is 46.6 Å². The first-order chi connectivity index (χ1) is 17.2. The first-order valence-electron chi connectivity index (χ1n) is 12.1. The molecule has 0 spiro atoms. The topological polar surface area (TPSA) is 108 Å². The first kappa shape index (κ1) is 24.9. The number of rotatable bonds is 8. The van der Waals surface area contributed by atoms with Crippen LogP contribution in [0.4, 0.5) is 21.9 Å². The van der Waals surface area contributed by atoms with Crippen LogP contribution in [0.5, 0.6) is 0 Å². The number of aromatic amines is 1. The summed E-state index contributed by atoms with van der Waals surface area (Å²) >= 11 is 0. The van der Waals surface area contributed by atoms with Gasteiger partial charge in [-0.25, -0.2) is 9.89 Å². The smallest absolute Gasteiger partial charge is 0.323 e. The van der Waals surface area contributed by atoms with E-state index in [1.54, 1.807) is 0 Å². The third kappa shape index (κ3) is 6.27. The number of hydrogen-bond acceptors (Lipinski definition) is 5. The summed E-state index contributed by atoms with van der Waals surface area (Å²) in [6, 6.07) is 21.3. The average molecular weight is 484 g/mol. The summed E-state index contributed by atoms with van der Waals surface area (Å²) in [7, 11) is 0. The number of H-pyrrole nitrogens is 1. The molecule has 2 amide bonds. The van der Waals surface area contributed by atoms with Gasteiger partial charge >= 0.3 is 6.03 Å². The summed E-state index contributed by atoms with van der Waals surface area (Å²) in [5.41, 5.74) is 5.98. The van der Waals surface area contributed by atoms with Gasteiger partial charge in [0.25, 0.3) is 0 Å². The SMILES string of the molecule is Cc1ccc(NC(=O)Nc2cc(-c3ccccc3-c3nnn[nH]3)ccc2NC(C)(C)CC(C)C)cc1. The molecule has 36 heavy (non-hydrogen) atoms. The largest absolute Gasteiger partial charge is 0.378 e. The number of anilines is 3. The highest BCUT2D eigenvalue weighted by Gasteiger charge is 2.22. The van der Waals surface area contributed by atoms with Gasteiger partial charge < -0.3 is 16.0 Å². The van der Waals surface area contributed by atoms with E-state index < -0.39 is 0 Å². The second kappa shape index (κ2) is 10.6. The van der Waals surface area contributed by atoms with Gasteiger partial charge in [0.05, 0.1) is 11.4 Å². The number of nitrogens with one attached hydrogen (secondary N) is 4. The first-order valence-corrected chi connectivity index (χ1v) is 12.1. The van der Waals surface area contributed by atoms with E-state index in [1.165, 1.54) is 0 Å². The lowest BCUT2D eigenvalue weighted by Gasteiger charge is -2.31. The van der Waals surface area contributed by atoms with Gasteiger partial charge in [-0.05, 0) is 78.9 Å². The predicted molar refractivity (Wildman–Crippen MR) is 146 cm³/mol. The van der Waals surface area contributed by atoms with Crippen molar-refractivity contribution in [3.05, 3.63) is 72.3 Å². The maximum absolute atomic E-state index is 13.0. The molecule has 0 radical (unpaired) electrons. The van der Waals surface area contributed by atoms with Gasteiger partial charge in [0.1, 0.15) is 0 Å². The van der Waals surface area contributed by atoms with Crippen LogP contribution in [0, 0.1) is 12.8 Å². The molecule has 0 aliphatic heterocycles. The molecule has 4 rings (SSSR count). The van der Waals surface area contributed by atoms with Gasteiger partial charge in [-0.1, -0.05) is 61.9 Å². The van der Waals surface area contributed by atoms with Crippen LogP contribution in [0.3, 0.4) is 0 Å². The minimum absolute atomic E-state index is 0.164. The van der Waals surface area contributed by atoms with Gasteiger partial charge in [0.15, 0.2) is 5.82 Å². The van der Waals surface area contributed by atoms with E-state index in [-0.39, 0.29) is 11.6 Å². The van der Waals surface area contributed by atoms with E-state index in [0.29, 0.717) is 17.4 Å². The maximum Gasteiger partial charge on any atom is 0.323 e. The van der Waals surface area contributed by atoms with E-state index in [2.05, 4.69) is 64.3 Å². The number of aromatic nitrogens is 4. The van der Waals surface area contributed by atoms with E-state index in [0.717, 1.165) is 40.0 Å². The summed E-state index contributed by atoms with van der Waals surface area (Å²) in [5, 5.41) is 24.0. The number of tetrazole rings is 1. The van der Waals surface area contributed by atoms with Crippen molar-refractivity contribution in [2.24, 2.45) is 5.92 Å². The predicted octanol–water partition coefficient (Wildman–Crippen LogP) is 6.72. The van der Waals surface area contributed by atoms with Crippen molar-refractivity contribution in [3.63, 3.8) is 0 Å². The Balaban J connectivity index is 1.69. The highest BCUT2D eigenvalue weighted by molar-refractivity contribution is 6.02. The Kier molecular flexibility index (Phi) is 7.33. The molecule has 0 fully saturated rings. The van der Waals surface area contributed by atoms with Crippen LogP contribution >= 0.6 is 0 Å². The summed E-state index contributed by atoms with van der Waals surface area (Å²) in [6.45, 7) is 10.8. The molecule has 0 unspecified atom stereocenters. The van der Waals surface area contributed by atoms with Gasteiger partial charge in [-0.2, -0.15) is 0 Å². The fraction of sp³-hybridized carbons (Fsp3) is 0.286. The number of amides is 2. The Hall–Kier alpha value is -4.20. The van der Waals surface area contributed by atoms with Gasteiger partial charge in [-0.15, -0.1) is 5.10 Å². The third-order valence-electron chi connectivity index (χ3n) is 5.81. The lowest BCUT2D eigenvalue weighted by Crippen LogP contribution is -2.33. The Morgan fingerprint density at radius 1 is 0.944 bits per heavy atom. The number of urea groups is 1. The van der Waals surface area contributed by atoms with Crippen molar-refractivity contribution < 1.29 is 4.79 Å². The van der Waals surface area contributed by atoms with Crippen molar-refractivity contribution in [1.29, 1.82) is 0 Å². The Bertz CT molecular complexity index is 1310. The molecule has 8 heteroatoms. The Morgan fingerprint density at radius 2 is 1.67 bits per heavy atom. The molecule has 186 valence electrons. The Labute approximate surface area is 211 Å². The summed E-state index contributed by atoms with van der Waals surface area (Å²) in [5.74, 6) is 1.10. The molecule has 0 atom stereocenters. The van der Waals surface area contributed by atoms with Gasteiger partial charge in [0.2, 0.25) is 0 Å². The van der Waals surface area contributed by atoms with Crippen molar-refractivity contribution in [2.75, 3.05) is 16.0 Å². The van der Waals surface area contributed by atoms with Crippen LogP contribution in [0.1, 0.15) is 39.7 Å². The van der Waals surface area contributed by atoms with Crippen LogP contribution in [0.25, 0.3) is 22.5 Å². The normalized spacial score (nSPS) is 11.4. The lowest BCUT2D eigenvalue weighted by atomic mass is 9.92. The van der Waals surface area contributed by atoms with Crippen LogP contribution < -0.4 is 16.0 Å². The second-order valence-electron chi connectivity index (χ2n) is 10.1. The van der Waals surface area contributed by atoms with E-state index in [1.807, 2.05) is 73.7 Å². The van der Waals surface area contributed by atoms with E-state index >= 15 is 0 Å². The van der Waals surface area contributed by atoms with Crippen LogP contribution in [0.15, 0.2) is 66.7 Å². The summed E-state index contributed by atoms with van der Waals surface area (Å²) in [6.07, 6.45) is 0.977. The fourth-order valence-corrected chi connectivity index (χ4v) is 4.50. The number of nitrogens with zero attached hydrogens (tertiary/aromatic N) is 3. The van der Waals surface area contributed by atoms with Crippen LogP contribution in [-0.4, -0.2) is 32.2 Å². The minimum atomic E-state index is -0.312. The molecule has 4 aromatic rings. The third-order valence-corrected chi connectivity index (χ3v) is 5.81. The molecule has 1 heterocycles. The van der Waals surface area contributed by atoms with Gasteiger partial charge in [-0.3, -0.25) is 0 Å². The second-order valence-corrected chi connectivity index (χ2v) is 10.1. The molecule has 1 aromatic heterocycles. The molecule has 4 N–H and O–H groups in total. The summed E-state index contributed by atoms with van der Waals surface area (Å²) < 4.78 is 0. The number of benzene rings is 3. The van der Waals surface area contributed by atoms with Crippen LogP contribution in [-0.2, 0) is 0 Å². The fourth-order valence-electron chi connectivity index (χ4n) is 4.50. The molecule has 3 aromatic carbocycles. The molecule has 0 saturated heterocycles. The lowest BCUT2D eigenvalue weighted by molar-refractivity contribution is 0.262. The summed E-state index contributed by atoms with van der Waals surface area (Å²) in [4.78, 5) is 13.0.